The molecule has 0 aliphatic carbocycles. The Balaban J connectivity index is 1.43. The van der Waals surface area contributed by atoms with Crippen molar-refractivity contribution in [1.82, 2.24) is 20.7 Å². The van der Waals surface area contributed by atoms with Gasteiger partial charge in [0.05, 0.1) is 12.2 Å². The molecule has 2 aromatic rings. The average molecular weight is 434 g/mol. The van der Waals surface area contributed by atoms with Gasteiger partial charge in [0.2, 0.25) is 0 Å². The number of benzene rings is 1. The lowest BCUT2D eigenvalue weighted by Gasteiger charge is -2.33. The van der Waals surface area contributed by atoms with E-state index in [1.807, 2.05) is 6.07 Å². The Kier molecular flexibility index (Phi) is 8.40. The highest BCUT2D eigenvalue weighted by Gasteiger charge is 2.21. The third-order valence-corrected chi connectivity index (χ3v) is 5.95. The molecular weight excluding hydrogens is 400 g/mol. The molecule has 1 aromatic heterocycles. The number of guanidine groups is 1. The van der Waals surface area contributed by atoms with Crippen molar-refractivity contribution >= 4 is 5.96 Å². The molecule has 0 spiro atoms. The molecule has 2 N–H and O–H groups in total. The van der Waals surface area contributed by atoms with Gasteiger partial charge in [-0.25, -0.2) is 8.78 Å². The zero-order valence-corrected chi connectivity index (χ0v) is 18.6. The molecule has 31 heavy (non-hydrogen) atoms. The smallest absolute Gasteiger partial charge is 0.191 e. The van der Waals surface area contributed by atoms with Gasteiger partial charge in [0.1, 0.15) is 0 Å². The molecule has 0 bridgehead atoms. The zero-order chi connectivity index (χ0) is 22.2. The van der Waals surface area contributed by atoms with Crippen molar-refractivity contribution < 1.29 is 13.3 Å². The molecule has 0 saturated carbocycles. The molecule has 3 rings (SSSR count). The number of halogens is 2. The maximum atomic E-state index is 13.4. The van der Waals surface area contributed by atoms with E-state index in [2.05, 4.69) is 39.5 Å². The number of nitrogens with zero attached hydrogens (tertiary/aromatic N) is 3. The summed E-state index contributed by atoms with van der Waals surface area (Å²) >= 11 is 0. The lowest BCUT2D eigenvalue weighted by molar-refractivity contribution is 0.198. The molecule has 8 heteroatoms. The number of likely N-dealkylation sites (tertiary alicyclic amines) is 1. The van der Waals surface area contributed by atoms with Crippen LogP contribution < -0.4 is 10.6 Å². The van der Waals surface area contributed by atoms with Crippen LogP contribution in [-0.2, 0) is 13.1 Å². The van der Waals surface area contributed by atoms with Crippen LogP contribution in [0.4, 0.5) is 8.78 Å². The number of piperidine rings is 1. The second kappa shape index (κ2) is 11.2. The van der Waals surface area contributed by atoms with Crippen molar-refractivity contribution in [3.05, 3.63) is 52.9 Å². The highest BCUT2D eigenvalue weighted by molar-refractivity contribution is 5.79. The van der Waals surface area contributed by atoms with Crippen LogP contribution in [0.15, 0.2) is 33.8 Å². The van der Waals surface area contributed by atoms with Crippen LogP contribution in [0.5, 0.6) is 0 Å². The summed E-state index contributed by atoms with van der Waals surface area (Å²) in [7, 11) is 1.75. The molecule has 170 valence electrons. The SMILES string of the molecule is CCC(CC)c1cc(CNC(=NC)NC2CCN(Cc3ccc(F)c(F)c3)CC2)on1. The molecule has 6 nitrogen and oxygen atoms in total. The van der Waals surface area contributed by atoms with E-state index in [4.69, 9.17) is 4.52 Å². The van der Waals surface area contributed by atoms with E-state index >= 15 is 0 Å². The summed E-state index contributed by atoms with van der Waals surface area (Å²) in [5, 5.41) is 11.0. The van der Waals surface area contributed by atoms with E-state index in [9.17, 15) is 8.78 Å². The van der Waals surface area contributed by atoms with Crippen molar-refractivity contribution in [2.45, 2.75) is 64.6 Å². The van der Waals surface area contributed by atoms with Gasteiger partial charge < -0.3 is 15.2 Å². The molecule has 1 aliphatic heterocycles. The second-order valence-electron chi connectivity index (χ2n) is 8.10. The van der Waals surface area contributed by atoms with Crippen molar-refractivity contribution in [3.63, 3.8) is 0 Å². The molecule has 0 atom stereocenters. The molecule has 0 unspecified atom stereocenters. The number of rotatable bonds is 8. The van der Waals surface area contributed by atoms with Crippen LogP contribution in [0.1, 0.15) is 62.5 Å². The molecule has 2 heterocycles. The average Bonchev–Trinajstić information content (AvgIpc) is 3.24. The minimum Gasteiger partial charge on any atom is -0.359 e. The van der Waals surface area contributed by atoms with Crippen molar-refractivity contribution in [3.8, 4) is 0 Å². The van der Waals surface area contributed by atoms with Crippen molar-refractivity contribution in [2.75, 3.05) is 20.1 Å². The van der Waals surface area contributed by atoms with Gasteiger partial charge in [0.15, 0.2) is 23.4 Å². The molecular formula is C23H33F2N5O. The topological polar surface area (TPSA) is 65.7 Å². The normalized spacial score (nSPS) is 16.1. The minimum atomic E-state index is -0.803. The molecule has 0 radical (unpaired) electrons. The number of hydrogen-bond acceptors (Lipinski definition) is 4. The van der Waals surface area contributed by atoms with Gasteiger partial charge in [-0.1, -0.05) is 25.1 Å². The number of hydrogen-bond donors (Lipinski definition) is 2. The lowest BCUT2D eigenvalue weighted by Crippen LogP contribution is -2.48. The fourth-order valence-electron chi connectivity index (χ4n) is 4.00. The maximum Gasteiger partial charge on any atom is 0.191 e. The Morgan fingerprint density at radius 3 is 2.58 bits per heavy atom. The van der Waals surface area contributed by atoms with E-state index in [1.165, 1.54) is 12.1 Å². The highest BCUT2D eigenvalue weighted by Crippen LogP contribution is 2.22. The first-order valence-electron chi connectivity index (χ1n) is 11.1. The third-order valence-electron chi connectivity index (χ3n) is 5.95. The summed E-state index contributed by atoms with van der Waals surface area (Å²) in [6.45, 7) is 7.25. The molecule has 1 aliphatic rings. The lowest BCUT2D eigenvalue weighted by atomic mass is 9.99. The third kappa shape index (κ3) is 6.50. The minimum absolute atomic E-state index is 0.308. The van der Waals surface area contributed by atoms with Crippen LogP contribution in [0, 0.1) is 11.6 Å². The van der Waals surface area contributed by atoms with E-state index in [1.54, 1.807) is 13.1 Å². The van der Waals surface area contributed by atoms with Crippen molar-refractivity contribution in [1.29, 1.82) is 0 Å². The van der Waals surface area contributed by atoms with Crippen LogP contribution >= 0.6 is 0 Å². The Labute approximate surface area is 183 Å². The standard InChI is InChI=1S/C23H33F2N5O/c1-4-17(5-2)22-13-19(31-29-22)14-27-23(26-3)28-18-8-10-30(11-9-18)15-16-6-7-20(24)21(25)12-16/h6-7,12-13,17-18H,4-5,8-11,14-15H2,1-3H3,(H2,26,27,28). The predicted octanol–water partition coefficient (Wildman–Crippen LogP) is 4.19. The largest absolute Gasteiger partial charge is 0.359 e. The van der Waals surface area contributed by atoms with Crippen molar-refractivity contribution in [2.24, 2.45) is 4.99 Å². The van der Waals surface area contributed by atoms with Crippen LogP contribution in [0.2, 0.25) is 0 Å². The quantitative estimate of drug-likeness (QED) is 0.483. The number of nitrogens with one attached hydrogen (secondary N) is 2. The van der Waals surface area contributed by atoms with E-state index < -0.39 is 11.6 Å². The van der Waals surface area contributed by atoms with Gasteiger partial charge in [-0.15, -0.1) is 0 Å². The first-order chi connectivity index (χ1) is 15.0. The predicted molar refractivity (Wildman–Crippen MR) is 118 cm³/mol. The van der Waals surface area contributed by atoms with Crippen LogP contribution in [-0.4, -0.2) is 42.2 Å². The Bertz CT molecular complexity index is 857. The Morgan fingerprint density at radius 1 is 1.19 bits per heavy atom. The van der Waals surface area contributed by atoms with Gasteiger partial charge in [0, 0.05) is 44.7 Å². The molecule has 1 aromatic carbocycles. The number of aromatic nitrogens is 1. The fraction of sp³-hybridized carbons (Fsp3) is 0.565. The summed E-state index contributed by atoms with van der Waals surface area (Å²) in [4.78, 5) is 6.58. The molecule has 1 saturated heterocycles. The van der Waals surface area contributed by atoms with E-state index in [-0.39, 0.29) is 0 Å². The summed E-state index contributed by atoms with van der Waals surface area (Å²) in [5.41, 5.74) is 1.81. The van der Waals surface area contributed by atoms with Gasteiger partial charge in [0.25, 0.3) is 0 Å². The Morgan fingerprint density at radius 2 is 1.94 bits per heavy atom. The monoisotopic (exact) mass is 433 g/mol. The first-order valence-corrected chi connectivity index (χ1v) is 11.1. The first kappa shape index (κ1) is 23.2. The van der Waals surface area contributed by atoms with Gasteiger partial charge in [-0.3, -0.25) is 9.89 Å². The summed E-state index contributed by atoms with van der Waals surface area (Å²) in [5.74, 6) is 0.377. The van der Waals surface area contributed by atoms with Gasteiger partial charge in [-0.05, 0) is 43.4 Å². The highest BCUT2D eigenvalue weighted by atomic mass is 19.2. The number of aliphatic imine (C=N–C) groups is 1. The fourth-order valence-corrected chi connectivity index (χ4v) is 4.00. The zero-order valence-electron chi connectivity index (χ0n) is 18.6. The summed E-state index contributed by atoms with van der Waals surface area (Å²) in [6.07, 6.45) is 4.00. The van der Waals surface area contributed by atoms with Gasteiger partial charge >= 0.3 is 0 Å². The summed E-state index contributed by atoms with van der Waals surface area (Å²) in [6, 6.07) is 6.45. The second-order valence-corrected chi connectivity index (χ2v) is 8.10. The van der Waals surface area contributed by atoms with E-state index in [0.717, 1.165) is 61.7 Å². The summed E-state index contributed by atoms with van der Waals surface area (Å²) < 4.78 is 32.0. The maximum absolute atomic E-state index is 13.4. The van der Waals surface area contributed by atoms with Crippen LogP contribution in [0.3, 0.4) is 0 Å². The molecule has 1 fully saturated rings. The van der Waals surface area contributed by atoms with Gasteiger partial charge in [-0.2, -0.15) is 0 Å². The molecule has 0 amide bonds. The van der Waals surface area contributed by atoms with Crippen LogP contribution in [0.25, 0.3) is 0 Å². The van der Waals surface area contributed by atoms with E-state index in [0.29, 0.717) is 25.0 Å². The Hall–Kier alpha value is -2.48.